The molecule has 1 unspecified atom stereocenters. The summed E-state index contributed by atoms with van der Waals surface area (Å²) in [6.45, 7) is 1.53. The third kappa shape index (κ3) is 5.64. The summed E-state index contributed by atoms with van der Waals surface area (Å²) in [5.41, 5.74) is 9.16. The lowest BCUT2D eigenvalue weighted by Gasteiger charge is -2.34. The Hall–Kier alpha value is -3.95. The van der Waals surface area contributed by atoms with Gasteiger partial charge in [-0.1, -0.05) is 24.1 Å². The van der Waals surface area contributed by atoms with E-state index >= 15 is 0 Å². The van der Waals surface area contributed by atoms with Crippen LogP contribution in [0.3, 0.4) is 0 Å². The first-order valence-corrected chi connectivity index (χ1v) is 12.8. The van der Waals surface area contributed by atoms with Crippen LogP contribution in [-0.2, 0) is 0 Å². The molecule has 0 amide bonds. The molecule has 5 rings (SSSR count). The monoisotopic (exact) mass is 531 g/mol. The van der Waals surface area contributed by atoms with E-state index in [0.717, 1.165) is 32.0 Å². The Balaban J connectivity index is 1.36. The summed E-state index contributed by atoms with van der Waals surface area (Å²) in [6.07, 6.45) is 10.7. The van der Waals surface area contributed by atoms with Gasteiger partial charge in [-0.15, -0.1) is 0 Å². The minimum absolute atomic E-state index is 0.0468. The van der Waals surface area contributed by atoms with Crippen LogP contribution >= 0.6 is 11.6 Å². The number of rotatable bonds is 8. The molecule has 0 spiro atoms. The Morgan fingerprint density at radius 3 is 2.87 bits per heavy atom. The minimum Gasteiger partial charge on any atom is -0.404 e. The van der Waals surface area contributed by atoms with E-state index in [4.69, 9.17) is 22.3 Å². The largest absolute Gasteiger partial charge is 0.404 e. The maximum atomic E-state index is 13.8. The topological polar surface area (TPSA) is 102 Å². The van der Waals surface area contributed by atoms with Crippen molar-refractivity contribution in [1.82, 2.24) is 24.3 Å². The maximum Gasteiger partial charge on any atom is 0.195 e. The summed E-state index contributed by atoms with van der Waals surface area (Å²) >= 11 is 6.20. The Labute approximate surface area is 224 Å². The van der Waals surface area contributed by atoms with Gasteiger partial charge in [0.1, 0.15) is 22.9 Å². The number of carbonyl (C=O) groups is 1. The van der Waals surface area contributed by atoms with Crippen molar-refractivity contribution < 1.29 is 9.18 Å². The fraction of sp³-hybridized carbons (Fsp3) is 0.250. The predicted molar refractivity (Wildman–Crippen MR) is 147 cm³/mol. The normalized spacial score (nSPS) is 16.9. The van der Waals surface area contributed by atoms with Crippen LogP contribution in [0.2, 0.25) is 5.02 Å². The average molecular weight is 532 g/mol. The van der Waals surface area contributed by atoms with Crippen LogP contribution in [0.25, 0.3) is 22.6 Å². The molecule has 0 radical (unpaired) electrons. The Kier molecular flexibility index (Phi) is 7.86. The molecule has 194 valence electrons. The summed E-state index contributed by atoms with van der Waals surface area (Å²) in [4.78, 5) is 33.8. The zero-order chi connectivity index (χ0) is 26.5. The second-order valence-corrected chi connectivity index (χ2v) is 9.55. The lowest BCUT2D eigenvalue weighted by Crippen LogP contribution is -2.44. The molecule has 10 heteroatoms. The van der Waals surface area contributed by atoms with E-state index in [1.54, 1.807) is 41.2 Å². The molecule has 0 bridgehead atoms. The first-order chi connectivity index (χ1) is 18.5. The van der Waals surface area contributed by atoms with E-state index in [9.17, 15) is 9.18 Å². The summed E-state index contributed by atoms with van der Waals surface area (Å²) in [6, 6.07) is 12.0. The molecular formula is C28H27ClFN7O. The van der Waals surface area contributed by atoms with Crippen molar-refractivity contribution >= 4 is 34.8 Å². The van der Waals surface area contributed by atoms with Crippen LogP contribution in [0.15, 0.2) is 72.2 Å². The van der Waals surface area contributed by atoms with Crippen LogP contribution in [-0.4, -0.2) is 61.9 Å². The molecular weight excluding hydrogens is 505 g/mol. The zero-order valence-corrected chi connectivity index (χ0v) is 21.4. The number of imidazole rings is 1. The first kappa shape index (κ1) is 25.7. The molecule has 0 saturated carbocycles. The third-order valence-electron chi connectivity index (χ3n) is 6.60. The van der Waals surface area contributed by atoms with E-state index < -0.39 is 5.82 Å². The van der Waals surface area contributed by atoms with Gasteiger partial charge < -0.3 is 5.73 Å². The number of nitrogens with zero attached hydrogens (tertiary/aromatic N) is 6. The third-order valence-corrected chi connectivity index (χ3v) is 6.84. The minimum atomic E-state index is -0.412. The second kappa shape index (κ2) is 11.6. The molecule has 5 heterocycles. The van der Waals surface area contributed by atoms with Crippen LogP contribution in [0.4, 0.5) is 4.39 Å². The standard InChI is InChI=1S/C28H27ClFN7O/c29-20-9-12-37-26(13-20)35-27(24-6-1-3-10-33-24)28(37)25(38)18-36-11-4-2-5-22(36)17-32-15-19(14-31)23-8-7-21(30)16-34-23/h1,3,6-10,12-16,22H,2,4-5,11,17-18,31H2/b19-14+,32-15?. The summed E-state index contributed by atoms with van der Waals surface area (Å²) in [5, 5.41) is 0.546. The molecule has 1 saturated heterocycles. The van der Waals surface area contributed by atoms with Gasteiger partial charge in [0.25, 0.3) is 0 Å². The van der Waals surface area contributed by atoms with Crippen molar-refractivity contribution in [3.05, 3.63) is 89.5 Å². The van der Waals surface area contributed by atoms with E-state index in [-0.39, 0.29) is 18.4 Å². The van der Waals surface area contributed by atoms with Gasteiger partial charge in [0, 0.05) is 47.5 Å². The number of ketones is 1. The fourth-order valence-corrected chi connectivity index (χ4v) is 4.87. The molecule has 38 heavy (non-hydrogen) atoms. The number of pyridine rings is 3. The highest BCUT2D eigenvalue weighted by Crippen LogP contribution is 2.26. The SMILES string of the molecule is N/C=C(\C=NCC1CCCCN1CC(=O)c1c(-c2ccccn2)nc2cc(Cl)ccn12)c1ccc(F)cn1. The number of fused-ring (bicyclic) bond motifs is 1. The van der Waals surface area contributed by atoms with Gasteiger partial charge in [-0.25, -0.2) is 9.37 Å². The molecule has 2 N–H and O–H groups in total. The van der Waals surface area contributed by atoms with Crippen molar-refractivity contribution in [2.24, 2.45) is 10.7 Å². The Morgan fingerprint density at radius 1 is 1.21 bits per heavy atom. The van der Waals surface area contributed by atoms with Crippen LogP contribution < -0.4 is 5.73 Å². The van der Waals surface area contributed by atoms with Crippen molar-refractivity contribution in [3.8, 4) is 11.4 Å². The molecule has 1 fully saturated rings. The molecule has 1 aliphatic heterocycles. The van der Waals surface area contributed by atoms with Gasteiger partial charge in [0.15, 0.2) is 5.78 Å². The number of carbonyl (C=O) groups excluding carboxylic acids is 1. The molecule has 1 atom stereocenters. The number of piperidine rings is 1. The van der Waals surface area contributed by atoms with Gasteiger partial charge >= 0.3 is 0 Å². The molecule has 0 aromatic carbocycles. The Bertz CT molecular complexity index is 1480. The summed E-state index contributed by atoms with van der Waals surface area (Å²) in [5.74, 6) is -0.459. The van der Waals surface area contributed by atoms with E-state index in [0.29, 0.717) is 45.6 Å². The molecule has 4 aromatic rings. The molecule has 8 nitrogen and oxygen atoms in total. The smallest absolute Gasteiger partial charge is 0.195 e. The van der Waals surface area contributed by atoms with Crippen molar-refractivity contribution in [1.29, 1.82) is 0 Å². The number of allylic oxidation sites excluding steroid dienone is 1. The number of hydrogen-bond donors (Lipinski definition) is 1. The highest BCUT2D eigenvalue weighted by Gasteiger charge is 2.28. The first-order valence-electron chi connectivity index (χ1n) is 12.4. The van der Waals surface area contributed by atoms with Gasteiger partial charge in [-0.2, -0.15) is 0 Å². The number of halogens is 2. The van der Waals surface area contributed by atoms with Crippen molar-refractivity contribution in [2.75, 3.05) is 19.6 Å². The van der Waals surface area contributed by atoms with E-state index in [1.807, 2.05) is 18.2 Å². The lowest BCUT2D eigenvalue weighted by molar-refractivity contribution is 0.0847. The lowest BCUT2D eigenvalue weighted by atomic mass is 10.0. The van der Waals surface area contributed by atoms with Crippen LogP contribution in [0.1, 0.15) is 35.4 Å². The maximum absolute atomic E-state index is 13.8. The quantitative estimate of drug-likeness (QED) is 0.261. The fourth-order valence-electron chi connectivity index (χ4n) is 4.72. The Morgan fingerprint density at radius 2 is 2.11 bits per heavy atom. The zero-order valence-electron chi connectivity index (χ0n) is 20.7. The number of hydrogen-bond acceptors (Lipinski definition) is 7. The van der Waals surface area contributed by atoms with Crippen LogP contribution in [0.5, 0.6) is 0 Å². The van der Waals surface area contributed by atoms with E-state index in [1.165, 1.54) is 12.3 Å². The number of aliphatic imine (C=N–C) groups is 1. The predicted octanol–water partition coefficient (Wildman–Crippen LogP) is 4.69. The highest BCUT2D eigenvalue weighted by molar-refractivity contribution is 6.30. The highest BCUT2D eigenvalue weighted by atomic mass is 35.5. The molecule has 0 aliphatic carbocycles. The van der Waals surface area contributed by atoms with Gasteiger partial charge in [0.2, 0.25) is 0 Å². The van der Waals surface area contributed by atoms with Crippen molar-refractivity contribution in [2.45, 2.75) is 25.3 Å². The molecule has 1 aliphatic rings. The average Bonchev–Trinajstić information content (AvgIpc) is 3.32. The number of aromatic nitrogens is 4. The summed E-state index contributed by atoms with van der Waals surface area (Å²) < 4.78 is 15.0. The number of likely N-dealkylation sites (tertiary alicyclic amines) is 1. The van der Waals surface area contributed by atoms with E-state index in [2.05, 4.69) is 19.9 Å². The van der Waals surface area contributed by atoms with Gasteiger partial charge in [0.05, 0.1) is 30.7 Å². The number of nitrogens with two attached hydrogens (primary N) is 1. The van der Waals surface area contributed by atoms with Gasteiger partial charge in [-0.05, 0) is 49.7 Å². The molecule has 4 aromatic heterocycles. The second-order valence-electron chi connectivity index (χ2n) is 9.12. The van der Waals surface area contributed by atoms with Gasteiger partial charge in [-0.3, -0.25) is 29.1 Å². The summed E-state index contributed by atoms with van der Waals surface area (Å²) in [7, 11) is 0. The van der Waals surface area contributed by atoms with Crippen molar-refractivity contribution in [3.63, 3.8) is 0 Å². The van der Waals surface area contributed by atoms with Crippen LogP contribution in [0, 0.1) is 5.82 Å². The number of Topliss-reactive ketones (excluding diaryl/α,β-unsaturated/α-hetero) is 1.